The van der Waals surface area contributed by atoms with Gasteiger partial charge in [0.2, 0.25) is 0 Å². The van der Waals surface area contributed by atoms with Crippen molar-refractivity contribution in [1.82, 2.24) is 0 Å². The van der Waals surface area contributed by atoms with E-state index in [4.69, 9.17) is 4.43 Å². The van der Waals surface area contributed by atoms with E-state index in [1.165, 1.54) is 0 Å². The van der Waals surface area contributed by atoms with Gasteiger partial charge in [0.25, 0.3) is 0 Å². The molecule has 0 aliphatic heterocycles. The molecule has 0 bridgehead atoms. The quantitative estimate of drug-likeness (QED) is 0.301. The number of allylic oxidation sites excluding steroid dienone is 2. The van der Waals surface area contributed by atoms with Crippen LogP contribution >= 0.6 is 0 Å². The Labute approximate surface area is 94.8 Å². The van der Waals surface area contributed by atoms with E-state index >= 15 is 0 Å². The summed E-state index contributed by atoms with van der Waals surface area (Å²) in [5.41, 5.74) is 0. The third-order valence-corrected chi connectivity index (χ3v) is 7.54. The van der Waals surface area contributed by atoms with Crippen molar-refractivity contribution in [2.75, 3.05) is 6.61 Å². The molecule has 0 unspecified atom stereocenters. The van der Waals surface area contributed by atoms with Gasteiger partial charge in [-0.3, -0.25) is 4.79 Å². The molecule has 0 saturated heterocycles. The molecule has 15 heavy (non-hydrogen) atoms. The summed E-state index contributed by atoms with van der Waals surface area (Å²) < 4.78 is 5.99. The highest BCUT2D eigenvalue weighted by molar-refractivity contribution is 6.74. The zero-order valence-electron chi connectivity index (χ0n) is 10.7. The molecule has 2 nitrogen and oxygen atoms in total. The predicted octanol–water partition coefficient (Wildman–Crippen LogP) is 3.54. The largest absolute Gasteiger partial charge is 0.417 e. The molecule has 0 spiro atoms. The predicted molar refractivity (Wildman–Crippen MR) is 67.6 cm³/mol. The van der Waals surface area contributed by atoms with E-state index in [9.17, 15) is 4.79 Å². The lowest BCUT2D eigenvalue weighted by Crippen LogP contribution is -2.40. The Kier molecular flexibility index (Phi) is 6.06. The first-order chi connectivity index (χ1) is 6.81. The Bertz CT molecular complexity index is 214. The van der Waals surface area contributed by atoms with E-state index in [1.54, 1.807) is 6.08 Å². The summed E-state index contributed by atoms with van der Waals surface area (Å²) >= 11 is 0. The van der Waals surface area contributed by atoms with Crippen LogP contribution in [0.25, 0.3) is 0 Å². The first-order valence-electron chi connectivity index (χ1n) is 5.55. The molecular weight excluding hydrogens is 204 g/mol. The van der Waals surface area contributed by atoms with E-state index in [2.05, 4.69) is 33.9 Å². The van der Waals surface area contributed by atoms with Gasteiger partial charge in [-0.15, -0.1) is 0 Å². The number of carbonyl (C=O) groups excluding carboxylic acids is 1. The third kappa shape index (κ3) is 5.90. The summed E-state index contributed by atoms with van der Waals surface area (Å²) in [7, 11) is -1.57. The number of unbranched alkanes of at least 4 members (excludes halogenated alkanes) is 1. The SMILES string of the molecule is CC(C)(C)[Si](C)(C)OCCC/C=C/C=O. The van der Waals surface area contributed by atoms with Gasteiger partial charge in [0.1, 0.15) is 6.29 Å². The van der Waals surface area contributed by atoms with Crippen molar-refractivity contribution in [2.45, 2.75) is 51.7 Å². The fraction of sp³-hybridized carbons (Fsp3) is 0.750. The number of rotatable bonds is 6. The smallest absolute Gasteiger partial charge is 0.191 e. The van der Waals surface area contributed by atoms with Gasteiger partial charge in [0.15, 0.2) is 8.32 Å². The Hall–Kier alpha value is -0.413. The highest BCUT2D eigenvalue weighted by Crippen LogP contribution is 2.36. The maximum Gasteiger partial charge on any atom is 0.191 e. The van der Waals surface area contributed by atoms with E-state index in [0.717, 1.165) is 25.7 Å². The van der Waals surface area contributed by atoms with Crippen LogP contribution in [-0.4, -0.2) is 21.2 Å². The molecule has 0 aromatic carbocycles. The first-order valence-corrected chi connectivity index (χ1v) is 8.46. The summed E-state index contributed by atoms with van der Waals surface area (Å²) in [5.74, 6) is 0. The fourth-order valence-corrected chi connectivity index (χ4v) is 1.98. The van der Waals surface area contributed by atoms with Gasteiger partial charge in [0, 0.05) is 6.61 Å². The molecule has 0 radical (unpaired) electrons. The van der Waals surface area contributed by atoms with Crippen molar-refractivity contribution in [2.24, 2.45) is 0 Å². The minimum Gasteiger partial charge on any atom is -0.417 e. The molecule has 0 heterocycles. The molecule has 0 aliphatic rings. The summed E-state index contributed by atoms with van der Waals surface area (Å²) in [6.07, 6.45) is 6.17. The van der Waals surface area contributed by atoms with Gasteiger partial charge < -0.3 is 4.43 Å². The standard InChI is InChI=1S/C12H24O2Si/c1-12(2,3)15(4,5)14-11-9-7-6-8-10-13/h6,8,10H,7,9,11H2,1-5H3/b8-6+. The Balaban J connectivity index is 3.76. The van der Waals surface area contributed by atoms with Gasteiger partial charge in [-0.2, -0.15) is 0 Å². The molecule has 0 aromatic rings. The first kappa shape index (κ1) is 14.6. The Morgan fingerprint density at radius 1 is 1.27 bits per heavy atom. The molecule has 0 saturated carbocycles. The zero-order valence-corrected chi connectivity index (χ0v) is 11.7. The summed E-state index contributed by atoms with van der Waals surface area (Å²) in [4.78, 5) is 10.0. The number of hydrogen-bond acceptors (Lipinski definition) is 2. The van der Waals surface area contributed by atoms with E-state index in [1.807, 2.05) is 6.08 Å². The van der Waals surface area contributed by atoms with Gasteiger partial charge in [-0.1, -0.05) is 26.8 Å². The average molecular weight is 228 g/mol. The molecule has 3 heteroatoms. The molecular formula is C12H24O2Si. The minimum absolute atomic E-state index is 0.283. The number of hydrogen-bond donors (Lipinski definition) is 0. The highest BCUT2D eigenvalue weighted by atomic mass is 28.4. The third-order valence-electron chi connectivity index (χ3n) is 3.00. The zero-order chi connectivity index (χ0) is 11.9. The highest BCUT2D eigenvalue weighted by Gasteiger charge is 2.36. The number of carbonyl (C=O) groups is 1. The van der Waals surface area contributed by atoms with Crippen LogP contribution in [0.1, 0.15) is 33.6 Å². The van der Waals surface area contributed by atoms with Gasteiger partial charge in [-0.25, -0.2) is 0 Å². The van der Waals surface area contributed by atoms with Gasteiger partial charge in [-0.05, 0) is 37.0 Å². The second-order valence-corrected chi connectivity index (χ2v) is 10.1. The lowest BCUT2D eigenvalue weighted by molar-refractivity contribution is -0.104. The minimum atomic E-state index is -1.57. The monoisotopic (exact) mass is 228 g/mol. The lowest BCUT2D eigenvalue weighted by Gasteiger charge is -2.36. The second-order valence-electron chi connectivity index (χ2n) is 5.32. The van der Waals surface area contributed by atoms with Crippen molar-refractivity contribution in [3.8, 4) is 0 Å². The van der Waals surface area contributed by atoms with Crippen LogP contribution in [0, 0.1) is 0 Å². The molecule has 0 fully saturated rings. The van der Waals surface area contributed by atoms with Crippen molar-refractivity contribution in [3.05, 3.63) is 12.2 Å². The maximum atomic E-state index is 10.0. The van der Waals surface area contributed by atoms with E-state index < -0.39 is 8.32 Å². The lowest BCUT2D eigenvalue weighted by atomic mass is 10.2. The van der Waals surface area contributed by atoms with Gasteiger partial charge in [0.05, 0.1) is 0 Å². The van der Waals surface area contributed by atoms with Crippen LogP contribution in [0.15, 0.2) is 12.2 Å². The molecule has 0 atom stereocenters. The summed E-state index contributed by atoms with van der Waals surface area (Å²) in [5, 5.41) is 0.283. The Morgan fingerprint density at radius 2 is 1.87 bits per heavy atom. The van der Waals surface area contributed by atoms with Crippen LogP contribution < -0.4 is 0 Å². The number of aldehydes is 1. The van der Waals surface area contributed by atoms with Crippen LogP contribution in [0.5, 0.6) is 0 Å². The van der Waals surface area contributed by atoms with Crippen molar-refractivity contribution < 1.29 is 9.22 Å². The molecule has 0 N–H and O–H groups in total. The topological polar surface area (TPSA) is 26.3 Å². The van der Waals surface area contributed by atoms with Crippen LogP contribution in [0.2, 0.25) is 18.1 Å². The molecule has 88 valence electrons. The molecule has 0 aliphatic carbocycles. The molecule has 0 aromatic heterocycles. The Morgan fingerprint density at radius 3 is 2.33 bits per heavy atom. The molecule has 0 amide bonds. The average Bonchev–Trinajstić information content (AvgIpc) is 2.09. The van der Waals surface area contributed by atoms with Crippen molar-refractivity contribution >= 4 is 14.6 Å². The molecule has 0 rings (SSSR count). The van der Waals surface area contributed by atoms with Gasteiger partial charge >= 0.3 is 0 Å². The van der Waals surface area contributed by atoms with Crippen LogP contribution in [0.4, 0.5) is 0 Å². The van der Waals surface area contributed by atoms with Crippen LogP contribution in [-0.2, 0) is 9.22 Å². The normalized spacial score (nSPS) is 13.4. The van der Waals surface area contributed by atoms with Crippen molar-refractivity contribution in [3.63, 3.8) is 0 Å². The van der Waals surface area contributed by atoms with E-state index in [-0.39, 0.29) is 5.04 Å². The summed E-state index contributed by atoms with van der Waals surface area (Å²) in [6, 6.07) is 0. The van der Waals surface area contributed by atoms with Crippen molar-refractivity contribution in [1.29, 1.82) is 0 Å². The fourth-order valence-electron chi connectivity index (χ4n) is 0.897. The maximum absolute atomic E-state index is 10.0. The summed E-state index contributed by atoms with van der Waals surface area (Å²) in [6.45, 7) is 12.0. The van der Waals surface area contributed by atoms with E-state index in [0.29, 0.717) is 0 Å². The van der Waals surface area contributed by atoms with Crippen LogP contribution in [0.3, 0.4) is 0 Å². The second kappa shape index (κ2) is 6.23.